The van der Waals surface area contributed by atoms with Gasteiger partial charge in [-0.15, -0.1) is 0 Å². The Hall–Kier alpha value is -1.67. The lowest BCUT2D eigenvalue weighted by atomic mass is 9.84. The van der Waals surface area contributed by atoms with Gasteiger partial charge in [0.15, 0.2) is 6.10 Å². The van der Waals surface area contributed by atoms with Crippen molar-refractivity contribution in [3.8, 4) is 0 Å². The summed E-state index contributed by atoms with van der Waals surface area (Å²) in [5.74, 6) is -1.91. The van der Waals surface area contributed by atoms with Crippen LogP contribution in [-0.4, -0.2) is 59.6 Å². The van der Waals surface area contributed by atoms with Gasteiger partial charge in [-0.2, -0.15) is 0 Å². The zero-order chi connectivity index (χ0) is 19.4. The van der Waals surface area contributed by atoms with Gasteiger partial charge in [0.1, 0.15) is 18.8 Å². The molecule has 1 aliphatic rings. The van der Waals surface area contributed by atoms with Crippen molar-refractivity contribution in [3.05, 3.63) is 0 Å². The third kappa shape index (κ3) is 6.99. The van der Waals surface area contributed by atoms with Crippen molar-refractivity contribution >= 4 is 17.9 Å². The van der Waals surface area contributed by atoms with Crippen molar-refractivity contribution in [1.82, 2.24) is 0 Å². The zero-order valence-electron chi connectivity index (χ0n) is 15.6. The van der Waals surface area contributed by atoms with Crippen molar-refractivity contribution in [2.45, 2.75) is 78.0 Å². The lowest BCUT2D eigenvalue weighted by Crippen LogP contribution is -2.58. The maximum atomic E-state index is 11.5. The molecule has 1 aliphatic heterocycles. The maximum Gasteiger partial charge on any atom is 0.303 e. The molecule has 0 aromatic heterocycles. The van der Waals surface area contributed by atoms with Crippen molar-refractivity contribution in [2.75, 3.05) is 6.61 Å². The molecule has 8 heteroatoms. The van der Waals surface area contributed by atoms with E-state index >= 15 is 0 Å². The minimum Gasteiger partial charge on any atom is -0.463 e. The first kappa shape index (κ1) is 21.4. The van der Waals surface area contributed by atoms with Crippen LogP contribution in [0, 0.1) is 5.92 Å². The SMILES string of the molecule is CC(=O)OC[C@H]1O[C@@H](CC(C)(C)O)[C@H](OC(C)=O)[C@@H](OC(C)=O)[C@H]1C. The summed E-state index contributed by atoms with van der Waals surface area (Å²) in [7, 11) is 0. The van der Waals surface area contributed by atoms with Gasteiger partial charge in [0.25, 0.3) is 0 Å². The Morgan fingerprint density at radius 2 is 1.48 bits per heavy atom. The van der Waals surface area contributed by atoms with Crippen LogP contribution in [0.1, 0.15) is 48.0 Å². The molecule has 0 bridgehead atoms. The molecule has 1 N–H and O–H groups in total. The van der Waals surface area contributed by atoms with E-state index in [1.807, 2.05) is 0 Å². The van der Waals surface area contributed by atoms with Gasteiger partial charge in [-0.3, -0.25) is 14.4 Å². The number of carbonyl (C=O) groups is 3. The molecule has 25 heavy (non-hydrogen) atoms. The molecule has 0 unspecified atom stereocenters. The summed E-state index contributed by atoms with van der Waals surface area (Å²) in [5, 5.41) is 10.1. The number of hydrogen-bond acceptors (Lipinski definition) is 8. The third-order valence-corrected chi connectivity index (χ3v) is 3.90. The largest absolute Gasteiger partial charge is 0.463 e. The Balaban J connectivity index is 3.11. The van der Waals surface area contributed by atoms with Gasteiger partial charge in [0.05, 0.1) is 11.7 Å². The first-order chi connectivity index (χ1) is 11.4. The molecule has 0 aliphatic carbocycles. The van der Waals surface area contributed by atoms with Crippen LogP contribution in [-0.2, 0) is 33.3 Å². The van der Waals surface area contributed by atoms with Crippen LogP contribution in [0.2, 0.25) is 0 Å². The van der Waals surface area contributed by atoms with E-state index in [1.54, 1.807) is 20.8 Å². The predicted molar refractivity (Wildman–Crippen MR) is 86.5 cm³/mol. The fourth-order valence-electron chi connectivity index (χ4n) is 2.90. The van der Waals surface area contributed by atoms with E-state index in [-0.39, 0.29) is 18.9 Å². The average Bonchev–Trinajstić information content (AvgIpc) is 2.41. The smallest absolute Gasteiger partial charge is 0.303 e. The molecule has 144 valence electrons. The molecule has 1 heterocycles. The molecule has 8 nitrogen and oxygen atoms in total. The lowest BCUT2D eigenvalue weighted by molar-refractivity contribution is -0.236. The molecule has 1 saturated heterocycles. The Morgan fingerprint density at radius 1 is 0.960 bits per heavy atom. The van der Waals surface area contributed by atoms with Crippen LogP contribution in [0.4, 0.5) is 0 Å². The van der Waals surface area contributed by atoms with Gasteiger partial charge in [0, 0.05) is 33.1 Å². The van der Waals surface area contributed by atoms with Crippen LogP contribution in [0.3, 0.4) is 0 Å². The summed E-state index contributed by atoms with van der Waals surface area (Å²) in [6, 6.07) is 0. The maximum absolute atomic E-state index is 11.5. The second-order valence-electron chi connectivity index (χ2n) is 7.04. The van der Waals surface area contributed by atoms with Crippen LogP contribution >= 0.6 is 0 Å². The molecule has 0 radical (unpaired) electrons. The normalized spacial score (nSPS) is 29.6. The van der Waals surface area contributed by atoms with E-state index in [0.29, 0.717) is 0 Å². The van der Waals surface area contributed by atoms with E-state index < -0.39 is 47.9 Å². The molecular weight excluding hydrogens is 332 g/mol. The first-order valence-corrected chi connectivity index (χ1v) is 8.26. The predicted octanol–water partition coefficient (Wildman–Crippen LogP) is 0.977. The van der Waals surface area contributed by atoms with Crippen LogP contribution in [0.25, 0.3) is 0 Å². The number of esters is 3. The summed E-state index contributed by atoms with van der Waals surface area (Å²) >= 11 is 0. The monoisotopic (exact) mass is 360 g/mol. The fourth-order valence-corrected chi connectivity index (χ4v) is 2.90. The van der Waals surface area contributed by atoms with Gasteiger partial charge in [-0.1, -0.05) is 6.92 Å². The molecule has 1 fully saturated rings. The lowest BCUT2D eigenvalue weighted by Gasteiger charge is -2.45. The topological polar surface area (TPSA) is 108 Å². The van der Waals surface area contributed by atoms with Gasteiger partial charge < -0.3 is 24.1 Å². The minimum atomic E-state index is -1.10. The quantitative estimate of drug-likeness (QED) is 0.551. The van der Waals surface area contributed by atoms with Crippen molar-refractivity contribution in [2.24, 2.45) is 5.92 Å². The van der Waals surface area contributed by atoms with Crippen LogP contribution in [0.15, 0.2) is 0 Å². The number of hydrogen-bond donors (Lipinski definition) is 1. The molecule has 0 amide bonds. The first-order valence-electron chi connectivity index (χ1n) is 8.26. The van der Waals surface area contributed by atoms with Crippen molar-refractivity contribution in [3.63, 3.8) is 0 Å². The van der Waals surface area contributed by atoms with Gasteiger partial charge in [0.2, 0.25) is 0 Å². The highest BCUT2D eigenvalue weighted by Gasteiger charge is 2.49. The van der Waals surface area contributed by atoms with E-state index in [0.717, 1.165) is 0 Å². The Morgan fingerprint density at radius 3 is 1.92 bits per heavy atom. The summed E-state index contributed by atoms with van der Waals surface area (Å²) in [4.78, 5) is 34.1. The molecule has 0 spiro atoms. The van der Waals surface area contributed by atoms with E-state index in [2.05, 4.69) is 0 Å². The van der Waals surface area contributed by atoms with E-state index in [9.17, 15) is 19.5 Å². The van der Waals surface area contributed by atoms with Gasteiger partial charge in [-0.25, -0.2) is 0 Å². The molecule has 0 aromatic carbocycles. The van der Waals surface area contributed by atoms with Gasteiger partial charge >= 0.3 is 17.9 Å². The summed E-state index contributed by atoms with van der Waals surface area (Å²) < 4.78 is 21.7. The second-order valence-corrected chi connectivity index (χ2v) is 7.04. The third-order valence-electron chi connectivity index (χ3n) is 3.90. The molecule has 0 aromatic rings. The highest BCUT2D eigenvalue weighted by Crippen LogP contribution is 2.34. The van der Waals surface area contributed by atoms with Gasteiger partial charge in [-0.05, 0) is 13.8 Å². The molecular formula is C17H28O8. The van der Waals surface area contributed by atoms with Crippen molar-refractivity contribution < 1.29 is 38.4 Å². The standard InChI is InChI=1S/C17H28O8/c1-9-14(8-22-10(2)18)25-13(7-17(5,6)21)16(24-12(4)20)15(9)23-11(3)19/h9,13-16,21H,7-8H2,1-6H3/t9-,13-,14+,15-,16-/m0/s1. The van der Waals surface area contributed by atoms with E-state index in [4.69, 9.17) is 18.9 Å². The summed E-state index contributed by atoms with van der Waals surface area (Å²) in [5.41, 5.74) is -1.10. The Labute approximate surface area is 147 Å². The number of carbonyl (C=O) groups excluding carboxylic acids is 3. The van der Waals surface area contributed by atoms with Crippen LogP contribution < -0.4 is 0 Å². The summed E-state index contributed by atoms with van der Waals surface area (Å²) in [6.45, 7) is 8.73. The van der Waals surface area contributed by atoms with Crippen LogP contribution in [0.5, 0.6) is 0 Å². The summed E-state index contributed by atoms with van der Waals surface area (Å²) in [6.07, 6.45) is -2.77. The minimum absolute atomic E-state index is 0.0244. The number of ether oxygens (including phenoxy) is 4. The van der Waals surface area contributed by atoms with E-state index in [1.165, 1.54) is 20.8 Å². The fraction of sp³-hybridized carbons (Fsp3) is 0.824. The highest BCUT2D eigenvalue weighted by molar-refractivity contribution is 5.67. The molecule has 0 saturated carbocycles. The Bertz CT molecular complexity index is 495. The van der Waals surface area contributed by atoms with Crippen molar-refractivity contribution in [1.29, 1.82) is 0 Å². The molecule has 1 rings (SSSR count). The molecule has 5 atom stereocenters. The number of rotatable bonds is 6. The average molecular weight is 360 g/mol. The second kappa shape index (κ2) is 8.62. The zero-order valence-corrected chi connectivity index (χ0v) is 15.6. The Kier molecular flexibility index (Phi) is 7.37. The number of aliphatic hydroxyl groups is 1. The highest BCUT2D eigenvalue weighted by atomic mass is 16.6.